The number of carbonyl (C=O) groups excluding carboxylic acids is 1. The maximum atomic E-state index is 12.2. The molecule has 188 valence electrons. The minimum atomic E-state index is -0.354. The van der Waals surface area contributed by atoms with Gasteiger partial charge in [-0.3, -0.25) is 0 Å². The number of aromatic nitrogens is 2. The fraction of sp³-hybridized carbons (Fsp3) is 0.286. The smallest absolute Gasteiger partial charge is 0.338 e. The van der Waals surface area contributed by atoms with Crippen LogP contribution in [-0.4, -0.2) is 29.2 Å². The van der Waals surface area contributed by atoms with Crippen molar-refractivity contribution in [2.24, 2.45) is 0 Å². The first-order valence-corrected chi connectivity index (χ1v) is 12.6. The number of hydrogen-bond acceptors (Lipinski definition) is 5. The van der Waals surface area contributed by atoms with Crippen molar-refractivity contribution in [3.63, 3.8) is 0 Å². The van der Waals surface area contributed by atoms with Crippen molar-refractivity contribution in [1.82, 2.24) is 9.55 Å². The highest BCUT2D eigenvalue weighted by molar-refractivity contribution is 6.35. The van der Waals surface area contributed by atoms with Crippen LogP contribution in [0.4, 0.5) is 0 Å². The Morgan fingerprint density at radius 3 is 2.56 bits per heavy atom. The lowest BCUT2D eigenvalue weighted by Crippen LogP contribution is -2.04. The number of rotatable bonds is 10. The van der Waals surface area contributed by atoms with Crippen LogP contribution in [0.1, 0.15) is 42.6 Å². The van der Waals surface area contributed by atoms with Gasteiger partial charge in [-0.2, -0.15) is 0 Å². The number of fused-ring (bicyclic) bond motifs is 1. The monoisotopic (exact) mass is 526 g/mol. The Morgan fingerprint density at radius 1 is 1.00 bits per heavy atom. The molecule has 0 bridgehead atoms. The highest BCUT2D eigenvalue weighted by Crippen LogP contribution is 2.35. The molecule has 3 aromatic carbocycles. The van der Waals surface area contributed by atoms with Crippen LogP contribution in [0.3, 0.4) is 0 Å². The molecule has 0 spiro atoms. The number of methoxy groups -OCH3 is 1. The summed E-state index contributed by atoms with van der Waals surface area (Å²) in [5, 5.41) is 1.12. The van der Waals surface area contributed by atoms with E-state index < -0.39 is 0 Å². The van der Waals surface area contributed by atoms with E-state index in [1.54, 1.807) is 38.3 Å². The molecule has 0 aliphatic heterocycles. The van der Waals surface area contributed by atoms with Gasteiger partial charge in [0, 0.05) is 27.7 Å². The van der Waals surface area contributed by atoms with E-state index in [2.05, 4.69) is 11.5 Å². The number of benzene rings is 3. The molecule has 0 N–H and O–H groups in total. The van der Waals surface area contributed by atoms with Gasteiger partial charge < -0.3 is 18.8 Å². The van der Waals surface area contributed by atoms with Crippen molar-refractivity contribution in [3.8, 4) is 22.9 Å². The Kier molecular flexibility index (Phi) is 8.39. The van der Waals surface area contributed by atoms with E-state index in [1.165, 1.54) is 0 Å². The van der Waals surface area contributed by atoms with Crippen molar-refractivity contribution >= 4 is 40.2 Å². The molecule has 0 radical (unpaired) electrons. The molecule has 4 aromatic rings. The summed E-state index contributed by atoms with van der Waals surface area (Å²) in [6.07, 6.45) is 2.04. The van der Waals surface area contributed by atoms with E-state index in [0.717, 1.165) is 47.4 Å². The van der Waals surface area contributed by atoms with E-state index in [-0.39, 0.29) is 12.6 Å². The lowest BCUT2D eigenvalue weighted by molar-refractivity contribution is 0.0526. The van der Waals surface area contributed by atoms with Crippen molar-refractivity contribution in [2.75, 3.05) is 13.7 Å². The largest absolute Gasteiger partial charge is 0.493 e. The van der Waals surface area contributed by atoms with E-state index in [0.29, 0.717) is 33.7 Å². The topological polar surface area (TPSA) is 62.6 Å². The quantitative estimate of drug-likeness (QED) is 0.199. The molecular formula is C28H28Cl2N2O4. The van der Waals surface area contributed by atoms with Crippen LogP contribution in [0.5, 0.6) is 11.5 Å². The third-order valence-corrected chi connectivity index (χ3v) is 6.40. The first kappa shape index (κ1) is 25.9. The third-order valence-electron chi connectivity index (χ3n) is 5.81. The molecule has 0 unspecified atom stereocenters. The van der Waals surface area contributed by atoms with Crippen LogP contribution >= 0.6 is 23.2 Å². The van der Waals surface area contributed by atoms with E-state index >= 15 is 0 Å². The standard InChI is InChI=1S/C28H28Cl2N2O4/c1-4-6-13-32-24-11-8-19(28(33)35-5-2)14-23(24)31-27(32)18-9-12-25(26(15-18)34-3)36-17-20-7-10-21(29)16-22(20)30/h7-12,14-16H,4-6,13,17H2,1-3H3. The second-order valence-electron chi connectivity index (χ2n) is 8.25. The highest BCUT2D eigenvalue weighted by Gasteiger charge is 2.17. The normalized spacial score (nSPS) is 11.0. The number of imidazole rings is 1. The van der Waals surface area contributed by atoms with Gasteiger partial charge in [0.15, 0.2) is 11.5 Å². The van der Waals surface area contributed by atoms with Crippen molar-refractivity contribution < 1.29 is 19.0 Å². The van der Waals surface area contributed by atoms with E-state index in [4.69, 9.17) is 42.4 Å². The highest BCUT2D eigenvalue weighted by atomic mass is 35.5. The molecule has 1 aromatic heterocycles. The summed E-state index contributed by atoms with van der Waals surface area (Å²) in [5.74, 6) is 1.62. The number of unbranched alkanes of at least 4 members (excludes halogenated alkanes) is 1. The first-order valence-electron chi connectivity index (χ1n) is 11.9. The number of hydrogen-bond donors (Lipinski definition) is 0. The van der Waals surface area contributed by atoms with Gasteiger partial charge in [-0.15, -0.1) is 0 Å². The summed E-state index contributed by atoms with van der Waals surface area (Å²) in [7, 11) is 1.60. The molecule has 0 saturated carbocycles. The number of halogens is 2. The van der Waals surface area contributed by atoms with Crippen molar-refractivity contribution in [1.29, 1.82) is 0 Å². The molecule has 1 heterocycles. The Hall–Kier alpha value is -3.22. The number of esters is 1. The van der Waals surface area contributed by atoms with Gasteiger partial charge in [-0.1, -0.05) is 42.6 Å². The molecule has 36 heavy (non-hydrogen) atoms. The Labute approximate surface area is 220 Å². The van der Waals surface area contributed by atoms with Gasteiger partial charge >= 0.3 is 5.97 Å². The minimum absolute atomic E-state index is 0.275. The van der Waals surface area contributed by atoms with Crippen molar-refractivity contribution in [2.45, 2.75) is 39.8 Å². The fourth-order valence-corrected chi connectivity index (χ4v) is 4.42. The van der Waals surface area contributed by atoms with Crippen LogP contribution in [0, 0.1) is 0 Å². The SMILES string of the molecule is CCCCn1c(-c2ccc(OCc3ccc(Cl)cc3Cl)c(OC)c2)nc2cc(C(=O)OCC)ccc21. The number of nitrogens with zero attached hydrogens (tertiary/aromatic N) is 2. The van der Waals surface area contributed by atoms with Gasteiger partial charge in [0.2, 0.25) is 0 Å². The Morgan fingerprint density at radius 2 is 1.83 bits per heavy atom. The number of aryl methyl sites for hydroxylation is 1. The third kappa shape index (κ3) is 5.61. The minimum Gasteiger partial charge on any atom is -0.493 e. The van der Waals surface area contributed by atoms with Gasteiger partial charge in [-0.05, 0) is 61.9 Å². The van der Waals surface area contributed by atoms with E-state index in [1.807, 2.05) is 30.3 Å². The van der Waals surface area contributed by atoms with Gasteiger partial charge in [0.1, 0.15) is 12.4 Å². The van der Waals surface area contributed by atoms with Gasteiger partial charge in [0.05, 0.1) is 30.3 Å². The molecular weight excluding hydrogens is 499 g/mol. The van der Waals surface area contributed by atoms with Crippen LogP contribution in [0.25, 0.3) is 22.4 Å². The summed E-state index contributed by atoms with van der Waals surface area (Å²) in [6, 6.07) is 16.5. The van der Waals surface area contributed by atoms with Gasteiger partial charge in [-0.25, -0.2) is 9.78 Å². The molecule has 0 amide bonds. The molecule has 8 heteroatoms. The van der Waals surface area contributed by atoms with Crippen LogP contribution in [0.15, 0.2) is 54.6 Å². The van der Waals surface area contributed by atoms with Crippen LogP contribution in [0.2, 0.25) is 10.0 Å². The second-order valence-corrected chi connectivity index (χ2v) is 9.10. The first-order chi connectivity index (χ1) is 17.4. The maximum Gasteiger partial charge on any atom is 0.338 e. The van der Waals surface area contributed by atoms with Crippen LogP contribution < -0.4 is 9.47 Å². The number of ether oxygens (including phenoxy) is 3. The average Bonchev–Trinajstić information content (AvgIpc) is 3.24. The summed E-state index contributed by atoms with van der Waals surface area (Å²) >= 11 is 12.3. The zero-order valence-electron chi connectivity index (χ0n) is 20.5. The number of carbonyl (C=O) groups is 1. The second kappa shape index (κ2) is 11.7. The lowest BCUT2D eigenvalue weighted by atomic mass is 10.1. The Balaban J connectivity index is 1.68. The summed E-state index contributed by atoms with van der Waals surface area (Å²) in [5.41, 5.74) is 3.89. The molecule has 0 saturated heterocycles. The predicted molar refractivity (Wildman–Crippen MR) is 143 cm³/mol. The fourth-order valence-electron chi connectivity index (χ4n) is 3.95. The predicted octanol–water partition coefficient (Wildman–Crippen LogP) is 7.57. The van der Waals surface area contributed by atoms with Crippen LogP contribution in [-0.2, 0) is 17.9 Å². The maximum absolute atomic E-state index is 12.2. The zero-order chi connectivity index (χ0) is 25.7. The molecule has 6 nitrogen and oxygen atoms in total. The van der Waals surface area contributed by atoms with Crippen molar-refractivity contribution in [3.05, 3.63) is 75.8 Å². The summed E-state index contributed by atoms with van der Waals surface area (Å²) < 4.78 is 19.0. The molecule has 0 aliphatic carbocycles. The average molecular weight is 527 g/mol. The summed E-state index contributed by atoms with van der Waals surface area (Å²) in [4.78, 5) is 17.1. The summed E-state index contributed by atoms with van der Waals surface area (Å²) in [6.45, 7) is 5.35. The molecule has 0 fully saturated rings. The lowest BCUT2D eigenvalue weighted by Gasteiger charge is -2.14. The zero-order valence-corrected chi connectivity index (χ0v) is 22.0. The van der Waals surface area contributed by atoms with E-state index in [9.17, 15) is 4.79 Å². The Bertz CT molecular complexity index is 1380. The van der Waals surface area contributed by atoms with Gasteiger partial charge in [0.25, 0.3) is 0 Å². The molecule has 0 aliphatic rings. The molecule has 4 rings (SSSR count). The molecule has 0 atom stereocenters.